The number of aromatic nitrogens is 2. The summed E-state index contributed by atoms with van der Waals surface area (Å²) >= 11 is 0. The number of piperidine rings is 1. The van der Waals surface area contributed by atoms with Crippen LogP contribution in [0.1, 0.15) is 30.5 Å². The van der Waals surface area contributed by atoms with Gasteiger partial charge in [0.15, 0.2) is 0 Å². The molecule has 1 aromatic carbocycles. The number of rotatable bonds is 5. The number of aryl methyl sites for hydroxylation is 1. The fourth-order valence-electron chi connectivity index (χ4n) is 3.81. The monoisotopic (exact) mass is 353 g/mol. The van der Waals surface area contributed by atoms with Crippen LogP contribution in [0.15, 0.2) is 30.3 Å². The molecule has 2 aromatic rings. The van der Waals surface area contributed by atoms with Crippen molar-refractivity contribution >= 4 is 17.4 Å². The van der Waals surface area contributed by atoms with Crippen molar-refractivity contribution in [1.82, 2.24) is 15.1 Å². The van der Waals surface area contributed by atoms with Crippen LogP contribution in [-0.4, -0.2) is 35.3 Å². The molecule has 1 atom stereocenters. The molecule has 6 heteroatoms. The number of anilines is 2. The van der Waals surface area contributed by atoms with Crippen molar-refractivity contribution in [2.45, 2.75) is 39.3 Å². The van der Waals surface area contributed by atoms with Crippen LogP contribution in [0, 0.1) is 12.8 Å². The van der Waals surface area contributed by atoms with Gasteiger partial charge in [-0.25, -0.2) is 4.68 Å². The first-order chi connectivity index (χ1) is 12.7. The van der Waals surface area contributed by atoms with E-state index in [1.54, 1.807) is 0 Å². The van der Waals surface area contributed by atoms with Gasteiger partial charge in [0, 0.05) is 56.8 Å². The molecule has 1 amide bonds. The fraction of sp³-hybridized carbons (Fsp3) is 0.500. The molecular weight excluding hydrogens is 326 g/mol. The summed E-state index contributed by atoms with van der Waals surface area (Å²) in [5, 5.41) is 11.5. The first kappa shape index (κ1) is 17.1. The molecule has 1 unspecified atom stereocenters. The predicted octanol–water partition coefficient (Wildman–Crippen LogP) is 2.54. The maximum atomic E-state index is 12.0. The minimum Gasteiger partial charge on any atom is -0.370 e. The molecule has 138 valence electrons. The number of carbonyl (C=O) groups excluding carboxylic acids is 1. The highest BCUT2D eigenvalue weighted by Crippen LogP contribution is 2.21. The van der Waals surface area contributed by atoms with Crippen LogP contribution in [0.3, 0.4) is 0 Å². The molecule has 0 aliphatic carbocycles. The summed E-state index contributed by atoms with van der Waals surface area (Å²) < 4.78 is 2.07. The molecule has 0 spiro atoms. The van der Waals surface area contributed by atoms with Crippen LogP contribution in [-0.2, 0) is 17.9 Å². The predicted molar refractivity (Wildman–Crippen MR) is 103 cm³/mol. The van der Waals surface area contributed by atoms with Gasteiger partial charge in [-0.2, -0.15) is 5.10 Å². The zero-order valence-electron chi connectivity index (χ0n) is 15.4. The first-order valence-corrected chi connectivity index (χ1v) is 9.57. The molecule has 26 heavy (non-hydrogen) atoms. The van der Waals surface area contributed by atoms with Crippen LogP contribution >= 0.6 is 0 Å². The molecule has 0 saturated carbocycles. The average Bonchev–Trinajstić information content (AvgIpc) is 3.02. The molecule has 6 nitrogen and oxygen atoms in total. The van der Waals surface area contributed by atoms with Crippen LogP contribution < -0.4 is 15.5 Å². The molecule has 3 heterocycles. The Hall–Kier alpha value is -2.34. The van der Waals surface area contributed by atoms with Gasteiger partial charge in [0.05, 0.1) is 5.69 Å². The molecule has 0 radical (unpaired) electrons. The molecule has 1 aromatic heterocycles. The van der Waals surface area contributed by atoms with Gasteiger partial charge in [0.25, 0.3) is 0 Å². The standard InChI is InChI=1S/C20H27N5O/c1-15-10-19-22-13-17(14-25(19)23-15)12-21-11-16-5-7-18(8-6-16)24-9-3-2-4-20(24)26/h5-8,10,17,21-22H,2-4,9,11-14H2,1H3. The third kappa shape index (κ3) is 3.75. The highest BCUT2D eigenvalue weighted by atomic mass is 16.2. The third-order valence-corrected chi connectivity index (χ3v) is 5.24. The Morgan fingerprint density at radius 3 is 2.92 bits per heavy atom. The third-order valence-electron chi connectivity index (χ3n) is 5.24. The van der Waals surface area contributed by atoms with Crippen LogP contribution in [0.25, 0.3) is 0 Å². The van der Waals surface area contributed by atoms with E-state index in [-0.39, 0.29) is 5.91 Å². The lowest BCUT2D eigenvalue weighted by Crippen LogP contribution is -2.35. The Morgan fingerprint density at radius 1 is 1.27 bits per heavy atom. The zero-order valence-corrected chi connectivity index (χ0v) is 15.4. The van der Waals surface area contributed by atoms with E-state index in [0.717, 1.165) is 62.8 Å². The number of amides is 1. The Morgan fingerprint density at radius 2 is 2.12 bits per heavy atom. The van der Waals surface area contributed by atoms with Crippen molar-refractivity contribution in [2.24, 2.45) is 5.92 Å². The highest BCUT2D eigenvalue weighted by molar-refractivity contribution is 5.93. The minimum absolute atomic E-state index is 0.250. The molecule has 0 bridgehead atoms. The summed E-state index contributed by atoms with van der Waals surface area (Å²) in [4.78, 5) is 13.9. The summed E-state index contributed by atoms with van der Waals surface area (Å²) in [7, 11) is 0. The van der Waals surface area contributed by atoms with Crippen molar-refractivity contribution < 1.29 is 4.79 Å². The molecule has 4 rings (SSSR count). The number of hydrogen-bond donors (Lipinski definition) is 2. The van der Waals surface area contributed by atoms with Gasteiger partial charge in [-0.05, 0) is 37.5 Å². The topological polar surface area (TPSA) is 62.2 Å². The highest BCUT2D eigenvalue weighted by Gasteiger charge is 2.20. The largest absolute Gasteiger partial charge is 0.370 e. The van der Waals surface area contributed by atoms with E-state index in [0.29, 0.717) is 12.3 Å². The smallest absolute Gasteiger partial charge is 0.226 e. The van der Waals surface area contributed by atoms with E-state index in [1.807, 2.05) is 11.8 Å². The van der Waals surface area contributed by atoms with Crippen molar-refractivity contribution in [3.63, 3.8) is 0 Å². The number of nitrogens with zero attached hydrogens (tertiary/aromatic N) is 3. The second-order valence-corrected chi connectivity index (χ2v) is 7.40. The number of benzene rings is 1. The van der Waals surface area contributed by atoms with E-state index < -0.39 is 0 Å². The van der Waals surface area contributed by atoms with Crippen molar-refractivity contribution in [3.05, 3.63) is 41.6 Å². The molecule has 1 saturated heterocycles. The SMILES string of the molecule is Cc1cc2n(n1)CC(CNCc1ccc(N3CCCCC3=O)cc1)CN2. The molecule has 1 fully saturated rings. The normalized spacial score (nSPS) is 20.0. The zero-order chi connectivity index (χ0) is 17.9. The van der Waals surface area contributed by atoms with Gasteiger partial charge in [-0.3, -0.25) is 4.79 Å². The summed E-state index contributed by atoms with van der Waals surface area (Å²) in [6, 6.07) is 10.5. The van der Waals surface area contributed by atoms with E-state index in [2.05, 4.69) is 50.7 Å². The molecular formula is C20H27N5O. The second kappa shape index (κ2) is 7.50. The van der Waals surface area contributed by atoms with Gasteiger partial charge < -0.3 is 15.5 Å². The second-order valence-electron chi connectivity index (χ2n) is 7.40. The number of carbonyl (C=O) groups is 1. The first-order valence-electron chi connectivity index (χ1n) is 9.57. The van der Waals surface area contributed by atoms with Gasteiger partial charge in [-0.15, -0.1) is 0 Å². The lowest BCUT2D eigenvalue weighted by molar-refractivity contribution is -0.119. The van der Waals surface area contributed by atoms with E-state index >= 15 is 0 Å². The van der Waals surface area contributed by atoms with Gasteiger partial charge in [0.2, 0.25) is 5.91 Å². The maximum absolute atomic E-state index is 12.0. The van der Waals surface area contributed by atoms with E-state index in [9.17, 15) is 4.79 Å². The Kier molecular flexibility index (Phi) is 4.93. The van der Waals surface area contributed by atoms with E-state index in [1.165, 1.54) is 5.56 Å². The van der Waals surface area contributed by atoms with Crippen LogP contribution in [0.2, 0.25) is 0 Å². The lowest BCUT2D eigenvalue weighted by Gasteiger charge is -2.27. The minimum atomic E-state index is 0.250. The van der Waals surface area contributed by atoms with Gasteiger partial charge in [0.1, 0.15) is 5.82 Å². The number of fused-ring (bicyclic) bond motifs is 1. The molecule has 2 N–H and O–H groups in total. The summed E-state index contributed by atoms with van der Waals surface area (Å²) in [6.07, 6.45) is 2.80. The maximum Gasteiger partial charge on any atom is 0.226 e. The van der Waals surface area contributed by atoms with Gasteiger partial charge in [-0.1, -0.05) is 12.1 Å². The number of nitrogens with one attached hydrogen (secondary N) is 2. The van der Waals surface area contributed by atoms with Crippen LogP contribution in [0.4, 0.5) is 11.5 Å². The molecule has 2 aliphatic heterocycles. The summed E-state index contributed by atoms with van der Waals surface area (Å²) in [5.74, 6) is 1.91. The van der Waals surface area contributed by atoms with Gasteiger partial charge >= 0.3 is 0 Å². The summed E-state index contributed by atoms with van der Waals surface area (Å²) in [6.45, 7) is 6.61. The Labute approximate surface area is 154 Å². The van der Waals surface area contributed by atoms with Crippen LogP contribution in [0.5, 0.6) is 0 Å². The van der Waals surface area contributed by atoms with Crippen molar-refractivity contribution in [1.29, 1.82) is 0 Å². The fourth-order valence-corrected chi connectivity index (χ4v) is 3.81. The van der Waals surface area contributed by atoms with Crippen molar-refractivity contribution in [2.75, 3.05) is 29.9 Å². The Bertz CT molecular complexity index is 767. The summed E-state index contributed by atoms with van der Waals surface area (Å²) in [5.41, 5.74) is 3.34. The average molecular weight is 353 g/mol. The van der Waals surface area contributed by atoms with Crippen molar-refractivity contribution in [3.8, 4) is 0 Å². The quantitative estimate of drug-likeness (QED) is 0.867. The lowest BCUT2D eigenvalue weighted by atomic mass is 10.1. The Balaban J connectivity index is 1.27. The molecule has 2 aliphatic rings. The van der Waals surface area contributed by atoms with E-state index in [4.69, 9.17) is 0 Å². The number of hydrogen-bond acceptors (Lipinski definition) is 4.